The average molecular weight is 293 g/mol. The van der Waals surface area contributed by atoms with Crippen LogP contribution in [0.5, 0.6) is 5.75 Å². The Hall–Kier alpha value is -1.55. The molecule has 0 aromatic heterocycles. The van der Waals surface area contributed by atoms with E-state index in [9.17, 15) is 9.90 Å². The minimum Gasteiger partial charge on any atom is -0.484 e. The molecule has 0 fully saturated rings. The van der Waals surface area contributed by atoms with E-state index in [0.717, 1.165) is 5.56 Å². The number of ether oxygens (including phenoxy) is 1. The number of rotatable bonds is 7. The number of aliphatic hydroxyl groups excluding tert-OH is 1. The van der Waals surface area contributed by atoms with Crippen LogP contribution in [0.4, 0.5) is 0 Å². The van der Waals surface area contributed by atoms with Crippen LogP contribution in [0.2, 0.25) is 0 Å². The molecule has 0 aliphatic heterocycles. The van der Waals surface area contributed by atoms with E-state index >= 15 is 0 Å². The van der Waals surface area contributed by atoms with Crippen molar-refractivity contribution in [3.63, 3.8) is 0 Å². The number of hydrogen-bond acceptors (Lipinski definition) is 3. The van der Waals surface area contributed by atoms with Crippen LogP contribution in [0, 0.1) is 18.3 Å². The molecule has 1 amide bonds. The third-order valence-electron chi connectivity index (χ3n) is 3.63. The molecular weight excluding hydrogens is 266 g/mol. The standard InChI is InChI=1S/C17H27NO3/c1-12(2)16(20)17(4,5)11-18-15(19)10-21-14-9-7-6-8-13(14)3/h6-9,12,16,20H,10-11H2,1-5H3,(H,18,19). The third-order valence-corrected chi connectivity index (χ3v) is 3.63. The van der Waals surface area contributed by atoms with Crippen molar-refractivity contribution in [2.24, 2.45) is 11.3 Å². The highest BCUT2D eigenvalue weighted by molar-refractivity contribution is 5.77. The molecule has 0 radical (unpaired) electrons. The lowest BCUT2D eigenvalue weighted by molar-refractivity contribution is -0.124. The number of carbonyl (C=O) groups is 1. The summed E-state index contributed by atoms with van der Waals surface area (Å²) in [4.78, 5) is 11.8. The number of benzene rings is 1. The number of amides is 1. The molecule has 21 heavy (non-hydrogen) atoms. The molecule has 4 nitrogen and oxygen atoms in total. The first-order chi connectivity index (χ1) is 9.74. The van der Waals surface area contributed by atoms with Crippen molar-refractivity contribution in [2.45, 2.75) is 40.7 Å². The Balaban J connectivity index is 2.43. The van der Waals surface area contributed by atoms with Crippen LogP contribution in [-0.2, 0) is 4.79 Å². The molecule has 118 valence electrons. The minimum atomic E-state index is -0.463. The van der Waals surface area contributed by atoms with E-state index in [1.807, 2.05) is 58.9 Å². The average Bonchev–Trinajstić information content (AvgIpc) is 2.43. The van der Waals surface area contributed by atoms with Crippen molar-refractivity contribution in [1.29, 1.82) is 0 Å². The number of carbonyl (C=O) groups excluding carboxylic acids is 1. The molecule has 0 saturated heterocycles. The zero-order chi connectivity index (χ0) is 16.0. The van der Waals surface area contributed by atoms with Gasteiger partial charge in [-0.15, -0.1) is 0 Å². The summed E-state index contributed by atoms with van der Waals surface area (Å²) < 4.78 is 5.50. The van der Waals surface area contributed by atoms with E-state index < -0.39 is 6.10 Å². The number of para-hydroxylation sites is 1. The smallest absolute Gasteiger partial charge is 0.257 e. The van der Waals surface area contributed by atoms with Crippen LogP contribution >= 0.6 is 0 Å². The Bertz CT molecular complexity index is 469. The largest absolute Gasteiger partial charge is 0.484 e. The predicted octanol–water partition coefficient (Wildman–Crippen LogP) is 2.53. The van der Waals surface area contributed by atoms with Crippen molar-refractivity contribution in [2.75, 3.05) is 13.2 Å². The lowest BCUT2D eigenvalue weighted by Crippen LogP contribution is -2.44. The van der Waals surface area contributed by atoms with E-state index in [0.29, 0.717) is 12.3 Å². The van der Waals surface area contributed by atoms with Gasteiger partial charge in [0.05, 0.1) is 6.10 Å². The lowest BCUT2D eigenvalue weighted by Gasteiger charge is -2.33. The van der Waals surface area contributed by atoms with Crippen LogP contribution in [0.1, 0.15) is 33.3 Å². The maximum absolute atomic E-state index is 11.8. The first-order valence-electron chi connectivity index (χ1n) is 7.37. The predicted molar refractivity (Wildman–Crippen MR) is 84.3 cm³/mol. The van der Waals surface area contributed by atoms with Gasteiger partial charge in [0, 0.05) is 12.0 Å². The van der Waals surface area contributed by atoms with Gasteiger partial charge in [-0.05, 0) is 24.5 Å². The van der Waals surface area contributed by atoms with Crippen molar-refractivity contribution in [3.8, 4) is 5.75 Å². The quantitative estimate of drug-likeness (QED) is 0.812. The van der Waals surface area contributed by atoms with Gasteiger partial charge in [-0.1, -0.05) is 45.9 Å². The van der Waals surface area contributed by atoms with Crippen LogP contribution in [0.25, 0.3) is 0 Å². The summed E-state index contributed by atoms with van der Waals surface area (Å²) in [6.07, 6.45) is -0.463. The molecule has 0 bridgehead atoms. The van der Waals surface area contributed by atoms with Gasteiger partial charge in [0.1, 0.15) is 5.75 Å². The van der Waals surface area contributed by atoms with Crippen molar-refractivity contribution in [3.05, 3.63) is 29.8 Å². The molecule has 1 unspecified atom stereocenters. The molecule has 1 atom stereocenters. The third kappa shape index (κ3) is 5.38. The summed E-state index contributed by atoms with van der Waals surface area (Å²) in [6.45, 7) is 10.2. The van der Waals surface area contributed by atoms with Gasteiger partial charge in [-0.2, -0.15) is 0 Å². The molecule has 1 aromatic rings. The molecule has 4 heteroatoms. The normalized spacial score (nSPS) is 13.1. The fourth-order valence-corrected chi connectivity index (χ4v) is 2.25. The number of hydrogen-bond donors (Lipinski definition) is 2. The molecule has 2 N–H and O–H groups in total. The maximum Gasteiger partial charge on any atom is 0.257 e. The second-order valence-corrected chi connectivity index (χ2v) is 6.51. The Kier molecular flexibility index (Phi) is 6.21. The summed E-state index contributed by atoms with van der Waals surface area (Å²) in [6, 6.07) is 7.59. The van der Waals surface area contributed by atoms with Crippen molar-refractivity contribution in [1.82, 2.24) is 5.32 Å². The van der Waals surface area contributed by atoms with Crippen LogP contribution in [0.3, 0.4) is 0 Å². The van der Waals surface area contributed by atoms with E-state index in [2.05, 4.69) is 5.32 Å². The van der Waals surface area contributed by atoms with Gasteiger partial charge < -0.3 is 15.2 Å². The van der Waals surface area contributed by atoms with Gasteiger partial charge in [0.15, 0.2) is 6.61 Å². The number of aryl methyl sites for hydroxylation is 1. The van der Waals surface area contributed by atoms with E-state index in [-0.39, 0.29) is 23.8 Å². The van der Waals surface area contributed by atoms with Gasteiger partial charge in [-0.25, -0.2) is 0 Å². The monoisotopic (exact) mass is 293 g/mol. The maximum atomic E-state index is 11.8. The van der Waals surface area contributed by atoms with Crippen molar-refractivity contribution < 1.29 is 14.6 Å². The summed E-state index contributed by atoms with van der Waals surface area (Å²) in [5.74, 6) is 0.691. The van der Waals surface area contributed by atoms with E-state index in [4.69, 9.17) is 4.74 Å². The highest BCUT2D eigenvalue weighted by Crippen LogP contribution is 2.25. The van der Waals surface area contributed by atoms with Gasteiger partial charge >= 0.3 is 0 Å². The highest BCUT2D eigenvalue weighted by Gasteiger charge is 2.30. The van der Waals surface area contributed by atoms with Crippen LogP contribution in [-0.4, -0.2) is 30.3 Å². The first-order valence-corrected chi connectivity index (χ1v) is 7.37. The SMILES string of the molecule is Cc1ccccc1OCC(=O)NCC(C)(C)C(O)C(C)C. The zero-order valence-corrected chi connectivity index (χ0v) is 13.6. The number of aliphatic hydroxyl groups is 1. The Labute approximate surface area is 127 Å². The second-order valence-electron chi connectivity index (χ2n) is 6.51. The fourth-order valence-electron chi connectivity index (χ4n) is 2.25. The van der Waals surface area contributed by atoms with E-state index in [1.54, 1.807) is 0 Å². The molecule has 0 spiro atoms. The van der Waals surface area contributed by atoms with Gasteiger partial charge in [0.2, 0.25) is 0 Å². The topological polar surface area (TPSA) is 58.6 Å². The summed E-state index contributed by atoms with van der Waals surface area (Å²) in [5, 5.41) is 13.0. The summed E-state index contributed by atoms with van der Waals surface area (Å²) in [5.41, 5.74) is 0.632. The highest BCUT2D eigenvalue weighted by atomic mass is 16.5. The molecule has 0 saturated carbocycles. The first kappa shape index (κ1) is 17.5. The van der Waals surface area contributed by atoms with Gasteiger partial charge in [-0.3, -0.25) is 4.79 Å². The number of nitrogens with one attached hydrogen (secondary N) is 1. The Morgan fingerprint density at radius 2 is 1.95 bits per heavy atom. The minimum absolute atomic E-state index is 0.0152. The molecule has 1 aromatic carbocycles. The summed E-state index contributed by atoms with van der Waals surface area (Å²) >= 11 is 0. The van der Waals surface area contributed by atoms with E-state index in [1.165, 1.54) is 0 Å². The second kappa shape index (κ2) is 7.46. The molecule has 0 aliphatic carbocycles. The molecule has 0 heterocycles. The molecule has 0 aliphatic rings. The zero-order valence-electron chi connectivity index (χ0n) is 13.6. The fraction of sp³-hybridized carbons (Fsp3) is 0.588. The Morgan fingerprint density at radius 3 is 2.52 bits per heavy atom. The molecule has 1 rings (SSSR count). The van der Waals surface area contributed by atoms with Crippen LogP contribution in [0.15, 0.2) is 24.3 Å². The van der Waals surface area contributed by atoms with Gasteiger partial charge in [0.25, 0.3) is 5.91 Å². The summed E-state index contributed by atoms with van der Waals surface area (Å²) in [7, 11) is 0. The molecular formula is C17H27NO3. The Morgan fingerprint density at radius 1 is 1.33 bits per heavy atom. The van der Waals surface area contributed by atoms with Crippen molar-refractivity contribution >= 4 is 5.91 Å². The van der Waals surface area contributed by atoms with Crippen LogP contribution < -0.4 is 10.1 Å². The lowest BCUT2D eigenvalue weighted by atomic mass is 9.81.